The fourth-order valence-corrected chi connectivity index (χ4v) is 1.39. The summed E-state index contributed by atoms with van der Waals surface area (Å²) in [6.45, 7) is 2.52. The van der Waals surface area contributed by atoms with Gasteiger partial charge in [0, 0.05) is 18.3 Å². The Bertz CT molecular complexity index is 396. The number of methoxy groups -OCH3 is 1. The van der Waals surface area contributed by atoms with Crippen LogP contribution in [0, 0.1) is 0 Å². The first-order chi connectivity index (χ1) is 8.15. The van der Waals surface area contributed by atoms with Gasteiger partial charge in [-0.2, -0.15) is 0 Å². The van der Waals surface area contributed by atoms with Crippen molar-refractivity contribution in [2.45, 2.75) is 19.9 Å². The topological polar surface area (TPSA) is 58.6 Å². The molecule has 92 valence electrons. The van der Waals surface area contributed by atoms with Gasteiger partial charge in [0.2, 0.25) is 0 Å². The molecule has 0 fully saturated rings. The largest absolute Gasteiger partial charge is 0.497 e. The SMILES string of the molecule is CCC(=CC(=O)O)NCc1ccc(OC)cc1. The summed E-state index contributed by atoms with van der Waals surface area (Å²) in [5.41, 5.74) is 1.80. The van der Waals surface area contributed by atoms with E-state index in [1.54, 1.807) is 7.11 Å². The number of hydrogen-bond acceptors (Lipinski definition) is 3. The van der Waals surface area contributed by atoms with E-state index in [0.29, 0.717) is 18.7 Å². The van der Waals surface area contributed by atoms with Gasteiger partial charge in [0.25, 0.3) is 0 Å². The smallest absolute Gasteiger partial charge is 0.330 e. The van der Waals surface area contributed by atoms with Crippen LogP contribution in [0.2, 0.25) is 0 Å². The highest BCUT2D eigenvalue weighted by molar-refractivity contribution is 5.80. The minimum absolute atomic E-state index is 0.608. The maximum absolute atomic E-state index is 10.5. The predicted octanol–water partition coefficient (Wildman–Crippen LogP) is 2.16. The van der Waals surface area contributed by atoms with Gasteiger partial charge in [-0.1, -0.05) is 19.1 Å². The van der Waals surface area contributed by atoms with Crippen LogP contribution < -0.4 is 10.1 Å². The van der Waals surface area contributed by atoms with E-state index in [1.165, 1.54) is 6.08 Å². The lowest BCUT2D eigenvalue weighted by molar-refractivity contribution is -0.131. The molecule has 2 N–H and O–H groups in total. The van der Waals surface area contributed by atoms with E-state index < -0.39 is 5.97 Å². The van der Waals surface area contributed by atoms with E-state index in [2.05, 4.69) is 5.32 Å². The maximum atomic E-state index is 10.5. The molecule has 4 heteroatoms. The van der Waals surface area contributed by atoms with Crippen LogP contribution in [0.3, 0.4) is 0 Å². The molecular formula is C13H17NO3. The van der Waals surface area contributed by atoms with Crippen molar-refractivity contribution in [3.05, 3.63) is 41.6 Å². The maximum Gasteiger partial charge on any atom is 0.330 e. The Balaban J connectivity index is 2.56. The molecule has 0 unspecified atom stereocenters. The van der Waals surface area contributed by atoms with Crippen molar-refractivity contribution in [2.24, 2.45) is 0 Å². The highest BCUT2D eigenvalue weighted by Crippen LogP contribution is 2.11. The van der Waals surface area contributed by atoms with E-state index in [9.17, 15) is 4.79 Å². The van der Waals surface area contributed by atoms with Crippen molar-refractivity contribution in [2.75, 3.05) is 7.11 Å². The van der Waals surface area contributed by atoms with Gasteiger partial charge in [0.05, 0.1) is 7.11 Å². The van der Waals surface area contributed by atoms with Crippen molar-refractivity contribution >= 4 is 5.97 Å². The molecule has 0 aliphatic heterocycles. The van der Waals surface area contributed by atoms with Gasteiger partial charge in [-0.05, 0) is 24.1 Å². The molecule has 0 aromatic heterocycles. The van der Waals surface area contributed by atoms with Crippen molar-refractivity contribution in [3.8, 4) is 5.75 Å². The second-order valence-corrected chi connectivity index (χ2v) is 3.56. The van der Waals surface area contributed by atoms with Crippen LogP contribution in [0.5, 0.6) is 5.75 Å². The lowest BCUT2D eigenvalue weighted by Crippen LogP contribution is -2.13. The third-order valence-electron chi connectivity index (χ3n) is 2.36. The van der Waals surface area contributed by atoms with Crippen molar-refractivity contribution < 1.29 is 14.6 Å². The number of aliphatic carboxylic acids is 1. The Morgan fingerprint density at radius 2 is 2.06 bits per heavy atom. The lowest BCUT2D eigenvalue weighted by atomic mass is 10.2. The van der Waals surface area contributed by atoms with Crippen molar-refractivity contribution in [1.29, 1.82) is 0 Å². The van der Waals surface area contributed by atoms with Crippen LogP contribution in [0.1, 0.15) is 18.9 Å². The summed E-state index contributed by atoms with van der Waals surface area (Å²) in [7, 11) is 1.62. The standard InChI is InChI=1S/C13H17NO3/c1-3-11(8-13(15)16)14-9-10-4-6-12(17-2)7-5-10/h4-8,14H,3,9H2,1-2H3,(H,15,16). The predicted molar refractivity (Wildman–Crippen MR) is 65.8 cm³/mol. The van der Waals surface area contributed by atoms with Crippen molar-refractivity contribution in [3.63, 3.8) is 0 Å². The third-order valence-corrected chi connectivity index (χ3v) is 2.36. The van der Waals surface area contributed by atoms with Gasteiger partial charge in [0.1, 0.15) is 5.75 Å². The quantitative estimate of drug-likeness (QED) is 0.742. The molecular weight excluding hydrogens is 218 g/mol. The summed E-state index contributed by atoms with van der Waals surface area (Å²) >= 11 is 0. The lowest BCUT2D eigenvalue weighted by Gasteiger charge is -2.09. The fourth-order valence-electron chi connectivity index (χ4n) is 1.39. The number of carbonyl (C=O) groups is 1. The molecule has 0 heterocycles. The molecule has 0 spiro atoms. The van der Waals surface area contributed by atoms with Gasteiger partial charge < -0.3 is 15.2 Å². The van der Waals surface area contributed by atoms with Crippen molar-refractivity contribution in [1.82, 2.24) is 5.32 Å². The third kappa shape index (κ3) is 4.59. The zero-order chi connectivity index (χ0) is 12.7. The molecule has 0 aliphatic rings. The summed E-state index contributed by atoms with van der Waals surface area (Å²) in [6.07, 6.45) is 1.87. The summed E-state index contributed by atoms with van der Waals surface area (Å²) in [5, 5.41) is 11.7. The number of carboxylic acids is 1. The Hall–Kier alpha value is -1.97. The van der Waals surface area contributed by atoms with Crippen LogP contribution in [-0.2, 0) is 11.3 Å². The van der Waals surface area contributed by atoms with Gasteiger partial charge >= 0.3 is 5.97 Å². The van der Waals surface area contributed by atoms with Crippen LogP contribution in [0.25, 0.3) is 0 Å². The Kier molecular flexibility index (Phi) is 5.07. The molecule has 1 aromatic carbocycles. The number of benzene rings is 1. The normalized spacial score (nSPS) is 11.1. The second kappa shape index (κ2) is 6.58. The number of carboxylic acid groups (broad SMARTS) is 1. The summed E-state index contributed by atoms with van der Waals surface area (Å²) in [5.74, 6) is -0.116. The van der Waals surface area contributed by atoms with Crippen LogP contribution in [-0.4, -0.2) is 18.2 Å². The van der Waals surface area contributed by atoms with Gasteiger partial charge in [-0.3, -0.25) is 0 Å². The van der Waals surface area contributed by atoms with Gasteiger partial charge in [-0.15, -0.1) is 0 Å². The molecule has 1 aromatic rings. The highest BCUT2D eigenvalue weighted by Gasteiger charge is 1.99. The Labute approximate surface area is 101 Å². The van der Waals surface area contributed by atoms with E-state index in [-0.39, 0.29) is 0 Å². The zero-order valence-electron chi connectivity index (χ0n) is 10.1. The van der Waals surface area contributed by atoms with E-state index in [1.807, 2.05) is 31.2 Å². The summed E-state index contributed by atoms with van der Waals surface area (Å²) in [6, 6.07) is 7.65. The molecule has 0 atom stereocenters. The Morgan fingerprint density at radius 3 is 2.53 bits per heavy atom. The monoisotopic (exact) mass is 235 g/mol. The second-order valence-electron chi connectivity index (χ2n) is 3.56. The fraction of sp³-hybridized carbons (Fsp3) is 0.308. The average Bonchev–Trinajstić information content (AvgIpc) is 2.34. The van der Waals surface area contributed by atoms with E-state index in [0.717, 1.165) is 11.3 Å². The number of nitrogens with one attached hydrogen (secondary N) is 1. The molecule has 4 nitrogen and oxygen atoms in total. The first kappa shape index (κ1) is 13.1. The minimum Gasteiger partial charge on any atom is -0.497 e. The van der Waals surface area contributed by atoms with Crippen LogP contribution in [0.15, 0.2) is 36.0 Å². The number of ether oxygens (including phenoxy) is 1. The molecule has 0 saturated heterocycles. The number of hydrogen-bond donors (Lipinski definition) is 2. The minimum atomic E-state index is -0.927. The molecule has 0 aliphatic carbocycles. The average molecular weight is 235 g/mol. The zero-order valence-corrected chi connectivity index (χ0v) is 10.1. The van der Waals surface area contributed by atoms with Gasteiger partial charge in [-0.25, -0.2) is 4.79 Å². The first-order valence-electron chi connectivity index (χ1n) is 5.46. The number of allylic oxidation sites excluding steroid dienone is 1. The van der Waals surface area contributed by atoms with Gasteiger partial charge in [0.15, 0.2) is 0 Å². The molecule has 0 bridgehead atoms. The van der Waals surface area contributed by atoms with E-state index in [4.69, 9.17) is 9.84 Å². The van der Waals surface area contributed by atoms with Crippen LogP contribution in [0.4, 0.5) is 0 Å². The molecule has 0 saturated carbocycles. The molecule has 17 heavy (non-hydrogen) atoms. The van der Waals surface area contributed by atoms with E-state index >= 15 is 0 Å². The Morgan fingerprint density at radius 1 is 1.41 bits per heavy atom. The summed E-state index contributed by atoms with van der Waals surface area (Å²) in [4.78, 5) is 10.5. The molecule has 0 radical (unpaired) electrons. The van der Waals surface area contributed by atoms with Crippen LogP contribution >= 0.6 is 0 Å². The first-order valence-corrected chi connectivity index (χ1v) is 5.46. The number of rotatable bonds is 6. The molecule has 0 amide bonds. The highest BCUT2D eigenvalue weighted by atomic mass is 16.5. The molecule has 1 rings (SSSR count). The summed E-state index contributed by atoms with van der Waals surface area (Å²) < 4.78 is 5.06.